The highest BCUT2D eigenvalue weighted by atomic mass is 16.1. The van der Waals surface area contributed by atoms with Gasteiger partial charge in [0.1, 0.15) is 0 Å². The molecule has 1 aliphatic rings. The lowest BCUT2D eigenvalue weighted by Crippen LogP contribution is -2.15. The molecule has 3 rings (SSSR count). The fourth-order valence-electron chi connectivity index (χ4n) is 3.17. The number of hydrogen-bond acceptors (Lipinski definition) is 2. The van der Waals surface area contributed by atoms with Crippen molar-refractivity contribution in [2.45, 2.75) is 45.1 Å². The minimum Gasteiger partial charge on any atom is -0.382 e. The Hall–Kier alpha value is -2.29. The summed E-state index contributed by atoms with van der Waals surface area (Å²) in [6.45, 7) is 2.04. The van der Waals surface area contributed by atoms with Crippen molar-refractivity contribution < 1.29 is 4.79 Å². The molecule has 0 radical (unpaired) electrons. The van der Waals surface area contributed by atoms with Crippen LogP contribution in [0.5, 0.6) is 0 Å². The van der Waals surface area contributed by atoms with Crippen LogP contribution in [0.2, 0.25) is 0 Å². The van der Waals surface area contributed by atoms with Crippen molar-refractivity contribution in [3.63, 3.8) is 0 Å². The van der Waals surface area contributed by atoms with Gasteiger partial charge in [0.25, 0.3) is 0 Å². The van der Waals surface area contributed by atoms with E-state index in [2.05, 4.69) is 10.6 Å². The van der Waals surface area contributed by atoms with Crippen LogP contribution in [-0.2, 0) is 11.2 Å². The lowest BCUT2D eigenvalue weighted by molar-refractivity contribution is -0.115. The van der Waals surface area contributed by atoms with Crippen LogP contribution in [0.4, 0.5) is 11.4 Å². The van der Waals surface area contributed by atoms with Gasteiger partial charge in [0.2, 0.25) is 5.91 Å². The maximum absolute atomic E-state index is 12.1. The van der Waals surface area contributed by atoms with Gasteiger partial charge in [0.05, 0.1) is 6.42 Å². The Morgan fingerprint density at radius 1 is 1.04 bits per heavy atom. The number of aryl methyl sites for hydroxylation is 1. The fraction of sp³-hybridized carbons (Fsp3) is 0.350. The molecule has 0 heterocycles. The Morgan fingerprint density at radius 3 is 2.43 bits per heavy atom. The number of hydrogen-bond donors (Lipinski definition) is 2. The summed E-state index contributed by atoms with van der Waals surface area (Å²) in [5.74, 6) is 0.0205. The minimum absolute atomic E-state index is 0.0205. The predicted molar refractivity (Wildman–Crippen MR) is 95.8 cm³/mol. The molecule has 0 spiro atoms. The third-order valence-electron chi connectivity index (χ3n) is 4.34. The van der Waals surface area contributed by atoms with E-state index in [0.717, 1.165) is 16.9 Å². The first-order chi connectivity index (χ1) is 11.2. The summed E-state index contributed by atoms with van der Waals surface area (Å²) < 4.78 is 0. The standard InChI is InChI=1S/C20H24N2O/c1-15-5-4-6-16(13-15)14-20(23)22-19-11-9-18(10-12-19)21-17-7-2-3-8-17/h4-6,9-13,17,21H,2-3,7-8,14H2,1H3,(H,22,23). The molecule has 0 atom stereocenters. The van der Waals surface area contributed by atoms with Crippen molar-refractivity contribution >= 4 is 17.3 Å². The molecule has 2 N–H and O–H groups in total. The molecule has 0 bridgehead atoms. The van der Waals surface area contributed by atoms with E-state index >= 15 is 0 Å². The van der Waals surface area contributed by atoms with Crippen LogP contribution in [0.15, 0.2) is 48.5 Å². The van der Waals surface area contributed by atoms with Gasteiger partial charge in [0, 0.05) is 17.4 Å². The van der Waals surface area contributed by atoms with Crippen molar-refractivity contribution in [2.24, 2.45) is 0 Å². The molecular formula is C20H24N2O. The zero-order valence-corrected chi connectivity index (χ0v) is 13.6. The highest BCUT2D eigenvalue weighted by Gasteiger charge is 2.14. The SMILES string of the molecule is Cc1cccc(CC(=O)Nc2ccc(NC3CCCC3)cc2)c1. The Balaban J connectivity index is 1.54. The first-order valence-electron chi connectivity index (χ1n) is 8.41. The average Bonchev–Trinajstić information content (AvgIpc) is 3.02. The van der Waals surface area contributed by atoms with Crippen molar-refractivity contribution in [3.05, 3.63) is 59.7 Å². The minimum atomic E-state index is 0.0205. The summed E-state index contributed by atoms with van der Waals surface area (Å²) in [5, 5.41) is 6.52. The highest BCUT2D eigenvalue weighted by Crippen LogP contribution is 2.23. The molecule has 2 aromatic rings. The van der Waals surface area contributed by atoms with E-state index in [4.69, 9.17) is 0 Å². The molecule has 3 heteroatoms. The predicted octanol–water partition coefficient (Wildman–Crippen LogP) is 4.53. The van der Waals surface area contributed by atoms with Crippen LogP contribution in [0.1, 0.15) is 36.8 Å². The number of benzene rings is 2. The van der Waals surface area contributed by atoms with Gasteiger partial charge < -0.3 is 10.6 Å². The number of carbonyl (C=O) groups excluding carboxylic acids is 1. The second-order valence-corrected chi connectivity index (χ2v) is 6.42. The number of anilines is 2. The van der Waals surface area contributed by atoms with Gasteiger partial charge in [-0.05, 0) is 49.6 Å². The molecule has 1 saturated carbocycles. The van der Waals surface area contributed by atoms with Crippen LogP contribution in [-0.4, -0.2) is 11.9 Å². The van der Waals surface area contributed by atoms with Crippen LogP contribution in [0.25, 0.3) is 0 Å². The number of nitrogens with one attached hydrogen (secondary N) is 2. The Morgan fingerprint density at radius 2 is 1.74 bits per heavy atom. The van der Waals surface area contributed by atoms with Crippen LogP contribution in [0, 0.1) is 6.92 Å². The summed E-state index contributed by atoms with van der Waals surface area (Å²) in [7, 11) is 0. The molecule has 0 unspecified atom stereocenters. The average molecular weight is 308 g/mol. The topological polar surface area (TPSA) is 41.1 Å². The van der Waals surface area contributed by atoms with E-state index in [9.17, 15) is 4.79 Å². The maximum Gasteiger partial charge on any atom is 0.228 e. The van der Waals surface area contributed by atoms with E-state index in [-0.39, 0.29) is 5.91 Å². The Labute approximate surface area is 138 Å². The van der Waals surface area contributed by atoms with Crippen LogP contribution in [0.3, 0.4) is 0 Å². The van der Waals surface area contributed by atoms with Crippen LogP contribution >= 0.6 is 0 Å². The smallest absolute Gasteiger partial charge is 0.228 e. The Kier molecular flexibility index (Phi) is 4.96. The van der Waals surface area contributed by atoms with Crippen molar-refractivity contribution in [3.8, 4) is 0 Å². The third kappa shape index (κ3) is 4.59. The zero-order valence-electron chi connectivity index (χ0n) is 13.6. The van der Waals surface area contributed by atoms with Gasteiger partial charge in [-0.15, -0.1) is 0 Å². The lowest BCUT2D eigenvalue weighted by atomic mass is 10.1. The molecule has 0 aromatic heterocycles. The van der Waals surface area contributed by atoms with E-state index in [1.165, 1.54) is 31.2 Å². The van der Waals surface area contributed by atoms with Crippen molar-refractivity contribution in [1.29, 1.82) is 0 Å². The summed E-state index contributed by atoms with van der Waals surface area (Å²) >= 11 is 0. The molecule has 1 amide bonds. The normalized spacial score (nSPS) is 14.7. The molecule has 0 aliphatic heterocycles. The zero-order chi connectivity index (χ0) is 16.1. The molecule has 120 valence electrons. The molecular weight excluding hydrogens is 284 g/mol. The van der Waals surface area contributed by atoms with Crippen LogP contribution < -0.4 is 10.6 Å². The summed E-state index contributed by atoms with van der Waals surface area (Å²) in [5.41, 5.74) is 4.20. The quantitative estimate of drug-likeness (QED) is 0.852. The molecule has 3 nitrogen and oxygen atoms in total. The largest absolute Gasteiger partial charge is 0.382 e. The number of amides is 1. The number of rotatable bonds is 5. The second kappa shape index (κ2) is 7.32. The van der Waals surface area contributed by atoms with E-state index < -0.39 is 0 Å². The maximum atomic E-state index is 12.1. The summed E-state index contributed by atoms with van der Waals surface area (Å²) in [6, 6.07) is 16.7. The highest BCUT2D eigenvalue weighted by molar-refractivity contribution is 5.92. The van der Waals surface area contributed by atoms with E-state index in [1.807, 2.05) is 55.5 Å². The summed E-state index contributed by atoms with van der Waals surface area (Å²) in [4.78, 5) is 12.1. The van der Waals surface area contributed by atoms with E-state index in [0.29, 0.717) is 12.5 Å². The molecule has 23 heavy (non-hydrogen) atoms. The van der Waals surface area contributed by atoms with Crippen molar-refractivity contribution in [1.82, 2.24) is 0 Å². The summed E-state index contributed by atoms with van der Waals surface area (Å²) in [6.07, 6.45) is 5.57. The third-order valence-corrected chi connectivity index (χ3v) is 4.34. The Bertz CT molecular complexity index is 658. The molecule has 0 saturated heterocycles. The number of carbonyl (C=O) groups is 1. The molecule has 2 aromatic carbocycles. The molecule has 1 fully saturated rings. The molecule has 1 aliphatic carbocycles. The van der Waals surface area contributed by atoms with E-state index in [1.54, 1.807) is 0 Å². The van der Waals surface area contributed by atoms with Gasteiger partial charge in [-0.1, -0.05) is 42.7 Å². The first-order valence-corrected chi connectivity index (χ1v) is 8.41. The van der Waals surface area contributed by atoms with Gasteiger partial charge in [0.15, 0.2) is 0 Å². The second-order valence-electron chi connectivity index (χ2n) is 6.42. The van der Waals surface area contributed by atoms with Gasteiger partial charge in [-0.25, -0.2) is 0 Å². The monoisotopic (exact) mass is 308 g/mol. The first kappa shape index (κ1) is 15.6. The van der Waals surface area contributed by atoms with Gasteiger partial charge in [-0.2, -0.15) is 0 Å². The fourth-order valence-corrected chi connectivity index (χ4v) is 3.17. The van der Waals surface area contributed by atoms with Crippen molar-refractivity contribution in [2.75, 3.05) is 10.6 Å². The van der Waals surface area contributed by atoms with Gasteiger partial charge >= 0.3 is 0 Å². The van der Waals surface area contributed by atoms with Gasteiger partial charge in [-0.3, -0.25) is 4.79 Å². The lowest BCUT2D eigenvalue weighted by Gasteiger charge is -2.14.